The van der Waals surface area contributed by atoms with Crippen molar-refractivity contribution in [3.8, 4) is 6.07 Å². The Hall–Kier alpha value is -3.67. The molecule has 0 atom stereocenters. The third kappa shape index (κ3) is 5.98. The average molecular weight is 464 g/mol. The molecule has 8 heteroatoms. The first-order valence-corrected chi connectivity index (χ1v) is 11.7. The molecule has 7 nitrogen and oxygen atoms in total. The molecule has 0 fully saturated rings. The van der Waals surface area contributed by atoms with Gasteiger partial charge in [0.05, 0.1) is 11.4 Å². The van der Waals surface area contributed by atoms with Gasteiger partial charge >= 0.3 is 0 Å². The molecule has 0 aliphatic heterocycles. The van der Waals surface area contributed by atoms with Crippen molar-refractivity contribution >= 4 is 22.0 Å². The maximum Gasteiger partial charge on any atom is 0.261 e. The van der Waals surface area contributed by atoms with Crippen molar-refractivity contribution in [2.75, 3.05) is 7.05 Å². The Morgan fingerprint density at radius 1 is 1.00 bits per heavy atom. The van der Waals surface area contributed by atoms with Crippen molar-refractivity contribution in [1.29, 1.82) is 5.26 Å². The number of carbonyl (C=O) groups is 1. The van der Waals surface area contributed by atoms with Crippen LogP contribution < -0.4 is 5.32 Å². The van der Waals surface area contributed by atoms with E-state index in [1.807, 2.05) is 44.2 Å². The first-order valence-electron chi connectivity index (χ1n) is 10.3. The van der Waals surface area contributed by atoms with Crippen LogP contribution in [0, 0.1) is 25.2 Å². The number of aryl methyl sites for hydroxylation is 2. The van der Waals surface area contributed by atoms with E-state index in [1.54, 1.807) is 36.4 Å². The third-order valence-corrected chi connectivity index (χ3v) is 6.84. The molecule has 2 aromatic carbocycles. The monoisotopic (exact) mass is 463 g/mol. The molecule has 0 unspecified atom stereocenters. The van der Waals surface area contributed by atoms with E-state index < -0.39 is 15.9 Å². The van der Waals surface area contributed by atoms with E-state index in [-0.39, 0.29) is 29.3 Å². The standard InChI is InChI=1S/C25H25N3O4S/c1-18-4-8-20(9-5-18)16-28(33(30,31)24-12-6-19(2)7-13-24)17-23-11-10-22(32-23)14-21(15-26)25(29)27-3/h4-14H,16-17H2,1-3H3,(H,27,29)/b21-14-. The van der Waals surface area contributed by atoms with Crippen LogP contribution in [-0.4, -0.2) is 25.7 Å². The van der Waals surface area contributed by atoms with Gasteiger partial charge in [-0.1, -0.05) is 47.5 Å². The minimum atomic E-state index is -3.82. The Morgan fingerprint density at radius 2 is 1.61 bits per heavy atom. The Kier molecular flexibility index (Phi) is 7.48. The summed E-state index contributed by atoms with van der Waals surface area (Å²) in [6.45, 7) is 4.01. The van der Waals surface area contributed by atoms with Gasteiger partial charge in [-0.25, -0.2) is 8.42 Å². The molecule has 1 amide bonds. The SMILES string of the molecule is CNC(=O)/C(C#N)=C\c1ccc(CN(Cc2ccc(C)cc2)S(=O)(=O)c2ccc(C)cc2)o1. The van der Waals surface area contributed by atoms with Crippen LogP contribution in [0.2, 0.25) is 0 Å². The predicted octanol–water partition coefficient (Wildman–Crippen LogP) is 3.94. The first kappa shape index (κ1) is 24.0. The van der Waals surface area contributed by atoms with Gasteiger partial charge in [-0.2, -0.15) is 9.57 Å². The highest BCUT2D eigenvalue weighted by molar-refractivity contribution is 7.89. The fraction of sp³-hybridized carbons (Fsp3) is 0.200. The Balaban J connectivity index is 1.93. The number of amides is 1. The second-order valence-electron chi connectivity index (χ2n) is 7.62. The summed E-state index contributed by atoms with van der Waals surface area (Å²) in [6.07, 6.45) is 1.32. The summed E-state index contributed by atoms with van der Waals surface area (Å²) in [5.74, 6) is 0.143. The molecule has 0 saturated carbocycles. The summed E-state index contributed by atoms with van der Waals surface area (Å²) in [4.78, 5) is 11.9. The number of carbonyl (C=O) groups excluding carboxylic acids is 1. The van der Waals surface area contributed by atoms with Crippen molar-refractivity contribution < 1.29 is 17.6 Å². The van der Waals surface area contributed by atoms with Crippen molar-refractivity contribution in [2.24, 2.45) is 0 Å². The lowest BCUT2D eigenvalue weighted by molar-refractivity contribution is -0.116. The van der Waals surface area contributed by atoms with E-state index in [4.69, 9.17) is 9.68 Å². The van der Waals surface area contributed by atoms with E-state index in [0.717, 1.165) is 16.7 Å². The van der Waals surface area contributed by atoms with Crippen molar-refractivity contribution in [2.45, 2.75) is 31.8 Å². The lowest BCUT2D eigenvalue weighted by Crippen LogP contribution is -2.30. The Morgan fingerprint density at radius 3 is 2.18 bits per heavy atom. The topological polar surface area (TPSA) is 103 Å². The third-order valence-electron chi connectivity index (χ3n) is 5.03. The molecule has 0 spiro atoms. The van der Waals surface area contributed by atoms with Crippen LogP contribution in [-0.2, 0) is 27.9 Å². The smallest absolute Gasteiger partial charge is 0.261 e. The Bertz CT molecular complexity index is 1300. The van der Waals surface area contributed by atoms with E-state index >= 15 is 0 Å². The largest absolute Gasteiger partial charge is 0.460 e. The van der Waals surface area contributed by atoms with Gasteiger partial charge < -0.3 is 9.73 Å². The number of sulfonamides is 1. The maximum absolute atomic E-state index is 13.5. The van der Waals surface area contributed by atoms with Gasteiger partial charge in [-0.3, -0.25) is 4.79 Å². The van der Waals surface area contributed by atoms with E-state index in [9.17, 15) is 13.2 Å². The van der Waals surface area contributed by atoms with Gasteiger partial charge in [0.15, 0.2) is 0 Å². The normalized spacial score (nSPS) is 11.9. The minimum Gasteiger partial charge on any atom is -0.460 e. The first-order chi connectivity index (χ1) is 15.7. The van der Waals surface area contributed by atoms with Crippen LogP contribution in [0.5, 0.6) is 0 Å². The van der Waals surface area contributed by atoms with Gasteiger partial charge in [0.1, 0.15) is 23.2 Å². The summed E-state index contributed by atoms with van der Waals surface area (Å²) >= 11 is 0. The summed E-state index contributed by atoms with van der Waals surface area (Å²) in [7, 11) is -2.39. The molecule has 0 bridgehead atoms. The van der Waals surface area contributed by atoms with Gasteiger partial charge in [0, 0.05) is 19.7 Å². The highest BCUT2D eigenvalue weighted by Gasteiger charge is 2.26. The number of benzene rings is 2. The molecule has 0 aliphatic rings. The number of hydrogen-bond acceptors (Lipinski definition) is 5. The minimum absolute atomic E-state index is 0.0141. The van der Waals surface area contributed by atoms with Crippen LogP contribution in [0.4, 0.5) is 0 Å². The molecular weight excluding hydrogens is 438 g/mol. The highest BCUT2D eigenvalue weighted by Crippen LogP contribution is 2.23. The highest BCUT2D eigenvalue weighted by atomic mass is 32.2. The van der Waals surface area contributed by atoms with Gasteiger partial charge in [-0.05, 0) is 43.7 Å². The van der Waals surface area contributed by atoms with Crippen LogP contribution in [0.3, 0.4) is 0 Å². The Labute approximate surface area is 194 Å². The van der Waals surface area contributed by atoms with E-state index in [1.165, 1.54) is 17.4 Å². The van der Waals surface area contributed by atoms with Crippen molar-refractivity contribution in [1.82, 2.24) is 9.62 Å². The van der Waals surface area contributed by atoms with Gasteiger partial charge in [-0.15, -0.1) is 0 Å². The number of nitrogens with zero attached hydrogens (tertiary/aromatic N) is 2. The number of likely N-dealkylation sites (N-methyl/N-ethyl adjacent to an activating group) is 1. The number of rotatable bonds is 8. The average Bonchev–Trinajstić information content (AvgIpc) is 3.25. The quantitative estimate of drug-likeness (QED) is 0.403. The summed E-state index contributed by atoms with van der Waals surface area (Å²) in [5.41, 5.74) is 2.78. The molecule has 3 aromatic rings. The second-order valence-corrected chi connectivity index (χ2v) is 9.56. The van der Waals surface area contributed by atoms with Crippen LogP contribution in [0.1, 0.15) is 28.2 Å². The molecule has 3 rings (SSSR count). The lowest BCUT2D eigenvalue weighted by Gasteiger charge is -2.21. The zero-order valence-electron chi connectivity index (χ0n) is 18.7. The number of hydrogen-bond donors (Lipinski definition) is 1. The molecule has 0 saturated heterocycles. The predicted molar refractivity (Wildman–Crippen MR) is 125 cm³/mol. The van der Waals surface area contributed by atoms with E-state index in [2.05, 4.69) is 5.32 Å². The fourth-order valence-corrected chi connectivity index (χ4v) is 4.53. The summed E-state index contributed by atoms with van der Waals surface area (Å²) < 4.78 is 34.0. The molecule has 170 valence electrons. The molecule has 1 N–H and O–H groups in total. The van der Waals surface area contributed by atoms with Gasteiger partial charge in [0.25, 0.3) is 5.91 Å². The van der Waals surface area contributed by atoms with Crippen molar-refractivity contribution in [3.05, 3.63) is 94.4 Å². The summed E-state index contributed by atoms with van der Waals surface area (Å²) in [6, 6.07) is 19.4. The number of nitriles is 1. The van der Waals surface area contributed by atoms with Crippen molar-refractivity contribution in [3.63, 3.8) is 0 Å². The van der Waals surface area contributed by atoms with Crippen LogP contribution >= 0.6 is 0 Å². The maximum atomic E-state index is 13.5. The van der Waals surface area contributed by atoms with E-state index in [0.29, 0.717) is 5.76 Å². The number of nitrogens with one attached hydrogen (secondary N) is 1. The molecule has 1 aromatic heterocycles. The zero-order valence-corrected chi connectivity index (χ0v) is 19.5. The number of furan rings is 1. The van der Waals surface area contributed by atoms with Crippen LogP contribution in [0.25, 0.3) is 6.08 Å². The molecule has 0 aliphatic carbocycles. The molecular formula is C25H25N3O4S. The lowest BCUT2D eigenvalue weighted by atomic mass is 10.1. The van der Waals surface area contributed by atoms with Crippen LogP contribution in [0.15, 0.2) is 75.5 Å². The second kappa shape index (κ2) is 10.3. The zero-order chi connectivity index (χ0) is 24.0. The molecule has 1 heterocycles. The molecule has 33 heavy (non-hydrogen) atoms. The summed E-state index contributed by atoms with van der Waals surface area (Å²) in [5, 5.41) is 11.6. The molecule has 0 radical (unpaired) electrons. The van der Waals surface area contributed by atoms with Gasteiger partial charge in [0.2, 0.25) is 10.0 Å². The fourth-order valence-electron chi connectivity index (χ4n) is 3.14.